The Labute approximate surface area is 144 Å². The predicted octanol–water partition coefficient (Wildman–Crippen LogP) is 3.16. The first-order chi connectivity index (χ1) is 11.9. The van der Waals surface area contributed by atoms with Crippen LogP contribution in [-0.4, -0.2) is 20.7 Å². The maximum Gasteiger partial charge on any atom is 0.255 e. The minimum atomic E-state index is -0.320. The molecule has 0 unspecified atom stereocenters. The summed E-state index contributed by atoms with van der Waals surface area (Å²) in [5.74, 6) is 0.627. The van der Waals surface area contributed by atoms with Crippen molar-refractivity contribution in [2.24, 2.45) is 0 Å². The molecule has 0 aliphatic heterocycles. The van der Waals surface area contributed by atoms with Crippen LogP contribution >= 0.6 is 0 Å². The summed E-state index contributed by atoms with van der Waals surface area (Å²) in [5.41, 5.74) is 3.27. The van der Waals surface area contributed by atoms with Crippen LogP contribution in [0.3, 0.4) is 0 Å². The number of rotatable bonds is 4. The van der Waals surface area contributed by atoms with Crippen LogP contribution in [-0.2, 0) is 6.54 Å². The van der Waals surface area contributed by atoms with Gasteiger partial charge >= 0.3 is 0 Å². The topological polar surface area (TPSA) is 73.0 Å². The molecule has 130 valence electrons. The Kier molecular flexibility index (Phi) is 4.39. The number of oxazole rings is 1. The molecule has 0 aliphatic rings. The molecule has 25 heavy (non-hydrogen) atoms. The van der Waals surface area contributed by atoms with Gasteiger partial charge in [-0.15, -0.1) is 0 Å². The van der Waals surface area contributed by atoms with Gasteiger partial charge < -0.3 is 9.73 Å². The van der Waals surface area contributed by atoms with Crippen molar-refractivity contribution in [1.82, 2.24) is 20.1 Å². The van der Waals surface area contributed by atoms with Crippen LogP contribution in [0.5, 0.6) is 0 Å². The maximum atomic E-state index is 13.1. The summed E-state index contributed by atoms with van der Waals surface area (Å²) in [6, 6.07) is 5.96. The number of carbonyl (C=O) groups is 1. The Balaban J connectivity index is 1.82. The fraction of sp³-hybridized carbons (Fsp3) is 0.278. The highest BCUT2D eigenvalue weighted by molar-refractivity contribution is 5.96. The van der Waals surface area contributed by atoms with E-state index in [0.717, 1.165) is 11.5 Å². The summed E-state index contributed by atoms with van der Waals surface area (Å²) in [6.45, 7) is 7.45. The molecule has 0 saturated carbocycles. The van der Waals surface area contributed by atoms with Crippen LogP contribution in [0, 0.1) is 33.5 Å². The number of amides is 1. The zero-order chi connectivity index (χ0) is 18.1. The maximum absolute atomic E-state index is 13.1. The third kappa shape index (κ3) is 3.31. The van der Waals surface area contributed by atoms with E-state index in [4.69, 9.17) is 4.42 Å². The van der Waals surface area contributed by atoms with Gasteiger partial charge in [0, 0.05) is 0 Å². The van der Waals surface area contributed by atoms with Crippen molar-refractivity contribution in [3.8, 4) is 5.69 Å². The lowest BCUT2D eigenvalue weighted by Gasteiger charge is -2.06. The van der Waals surface area contributed by atoms with Crippen LogP contribution in [0.25, 0.3) is 5.69 Å². The van der Waals surface area contributed by atoms with Crippen LogP contribution in [0.1, 0.15) is 39.1 Å². The SMILES string of the molecule is Cc1nc(CNC(=O)c2c(C)nn(-c3ccc(F)cc3)c2C)oc1C. The average Bonchev–Trinajstić information content (AvgIpc) is 3.05. The van der Waals surface area contributed by atoms with Gasteiger partial charge in [0.05, 0.1) is 34.9 Å². The zero-order valence-electron chi connectivity index (χ0n) is 14.6. The van der Waals surface area contributed by atoms with E-state index in [2.05, 4.69) is 15.4 Å². The van der Waals surface area contributed by atoms with E-state index in [1.807, 2.05) is 13.8 Å². The van der Waals surface area contributed by atoms with Crippen molar-refractivity contribution in [3.05, 3.63) is 64.4 Å². The number of benzene rings is 1. The largest absolute Gasteiger partial charge is 0.444 e. The Morgan fingerprint density at radius 3 is 2.44 bits per heavy atom. The standard InChI is InChI=1S/C18H19FN4O2/c1-10-13(4)25-16(21-10)9-20-18(24)17-11(2)22-23(12(17)3)15-7-5-14(19)6-8-15/h5-8H,9H2,1-4H3,(H,20,24). The minimum absolute atomic E-state index is 0.203. The highest BCUT2D eigenvalue weighted by Crippen LogP contribution is 2.18. The number of hydrogen-bond acceptors (Lipinski definition) is 4. The Morgan fingerprint density at radius 1 is 1.16 bits per heavy atom. The fourth-order valence-corrected chi connectivity index (χ4v) is 2.66. The number of nitrogens with zero attached hydrogens (tertiary/aromatic N) is 3. The Morgan fingerprint density at radius 2 is 1.84 bits per heavy atom. The molecule has 2 heterocycles. The molecular weight excluding hydrogens is 323 g/mol. The fourth-order valence-electron chi connectivity index (χ4n) is 2.66. The van der Waals surface area contributed by atoms with Crippen LogP contribution in [0.15, 0.2) is 28.7 Å². The second kappa shape index (κ2) is 6.51. The third-order valence-corrected chi connectivity index (χ3v) is 4.06. The number of carbonyl (C=O) groups excluding carboxylic acids is 1. The van der Waals surface area contributed by atoms with Gasteiger partial charge in [0.2, 0.25) is 5.89 Å². The molecule has 1 N–H and O–H groups in total. The number of aromatic nitrogens is 3. The summed E-state index contributed by atoms with van der Waals surface area (Å²) in [6.07, 6.45) is 0. The smallest absolute Gasteiger partial charge is 0.255 e. The second-order valence-electron chi connectivity index (χ2n) is 5.87. The van der Waals surface area contributed by atoms with Gasteiger partial charge in [-0.3, -0.25) is 4.79 Å². The highest BCUT2D eigenvalue weighted by Gasteiger charge is 2.20. The first-order valence-corrected chi connectivity index (χ1v) is 7.90. The minimum Gasteiger partial charge on any atom is -0.444 e. The molecule has 7 heteroatoms. The molecule has 3 aromatic rings. The number of halogens is 1. The van der Waals surface area contributed by atoms with Crippen molar-refractivity contribution in [2.75, 3.05) is 0 Å². The van der Waals surface area contributed by atoms with Crippen LogP contribution in [0.4, 0.5) is 4.39 Å². The highest BCUT2D eigenvalue weighted by atomic mass is 19.1. The van der Waals surface area contributed by atoms with Gasteiger partial charge in [0.15, 0.2) is 0 Å². The molecule has 0 spiro atoms. The lowest BCUT2D eigenvalue weighted by Crippen LogP contribution is -2.24. The van der Waals surface area contributed by atoms with Crippen molar-refractivity contribution in [3.63, 3.8) is 0 Å². The van der Waals surface area contributed by atoms with Crippen LogP contribution < -0.4 is 5.32 Å². The molecule has 1 aromatic carbocycles. The van der Waals surface area contributed by atoms with Crippen molar-refractivity contribution >= 4 is 5.91 Å². The van der Waals surface area contributed by atoms with Gasteiger partial charge in [-0.25, -0.2) is 14.1 Å². The number of aryl methyl sites for hydroxylation is 3. The monoisotopic (exact) mass is 342 g/mol. The van der Waals surface area contributed by atoms with E-state index < -0.39 is 0 Å². The Bertz CT molecular complexity index is 906. The molecule has 0 atom stereocenters. The normalized spacial score (nSPS) is 10.9. The molecule has 6 nitrogen and oxygen atoms in total. The lowest BCUT2D eigenvalue weighted by molar-refractivity contribution is 0.0946. The first-order valence-electron chi connectivity index (χ1n) is 7.90. The molecule has 0 fully saturated rings. The number of hydrogen-bond donors (Lipinski definition) is 1. The average molecular weight is 342 g/mol. The molecule has 1 amide bonds. The summed E-state index contributed by atoms with van der Waals surface area (Å²) in [4.78, 5) is 16.8. The van der Waals surface area contributed by atoms with Crippen molar-refractivity contribution in [1.29, 1.82) is 0 Å². The molecule has 0 saturated heterocycles. The van der Waals surface area contributed by atoms with Gasteiger partial charge in [0.1, 0.15) is 11.6 Å². The van der Waals surface area contributed by atoms with E-state index in [1.165, 1.54) is 12.1 Å². The third-order valence-electron chi connectivity index (χ3n) is 4.06. The van der Waals surface area contributed by atoms with Gasteiger partial charge in [-0.1, -0.05) is 0 Å². The summed E-state index contributed by atoms with van der Waals surface area (Å²) in [7, 11) is 0. The summed E-state index contributed by atoms with van der Waals surface area (Å²) >= 11 is 0. The van der Waals surface area contributed by atoms with Gasteiger partial charge in [-0.05, 0) is 52.0 Å². The van der Waals surface area contributed by atoms with E-state index in [0.29, 0.717) is 28.5 Å². The molecule has 0 aliphatic carbocycles. The number of nitrogens with one attached hydrogen (secondary N) is 1. The quantitative estimate of drug-likeness (QED) is 0.790. The second-order valence-corrected chi connectivity index (χ2v) is 5.87. The lowest BCUT2D eigenvalue weighted by atomic mass is 10.2. The summed E-state index contributed by atoms with van der Waals surface area (Å²) in [5, 5.41) is 7.20. The van der Waals surface area contributed by atoms with Crippen molar-refractivity contribution in [2.45, 2.75) is 34.2 Å². The van der Waals surface area contributed by atoms with E-state index in [-0.39, 0.29) is 18.3 Å². The van der Waals surface area contributed by atoms with E-state index >= 15 is 0 Å². The molecule has 0 bridgehead atoms. The first kappa shape index (κ1) is 16.9. The summed E-state index contributed by atoms with van der Waals surface area (Å²) < 4.78 is 20.2. The zero-order valence-corrected chi connectivity index (χ0v) is 14.6. The van der Waals surface area contributed by atoms with Gasteiger partial charge in [0.25, 0.3) is 5.91 Å². The molecule has 0 radical (unpaired) electrons. The van der Waals surface area contributed by atoms with E-state index in [9.17, 15) is 9.18 Å². The molecule has 3 rings (SSSR count). The predicted molar refractivity (Wildman–Crippen MR) is 90.1 cm³/mol. The Hall–Kier alpha value is -2.96. The van der Waals surface area contributed by atoms with Crippen LogP contribution in [0.2, 0.25) is 0 Å². The van der Waals surface area contributed by atoms with Gasteiger partial charge in [-0.2, -0.15) is 5.10 Å². The van der Waals surface area contributed by atoms with E-state index in [1.54, 1.807) is 30.7 Å². The van der Waals surface area contributed by atoms with Crippen molar-refractivity contribution < 1.29 is 13.6 Å². The molecular formula is C18H19FN4O2. The molecule has 2 aromatic heterocycles.